The second-order valence-electron chi connectivity index (χ2n) is 4.40. The Morgan fingerprint density at radius 2 is 1.95 bits per heavy atom. The Morgan fingerprint density at radius 3 is 2.52 bits per heavy atom. The maximum atomic E-state index is 13.1. The fourth-order valence-corrected chi connectivity index (χ4v) is 3.40. The van der Waals surface area contributed by atoms with Gasteiger partial charge in [-0.1, -0.05) is 6.07 Å². The van der Waals surface area contributed by atoms with E-state index in [0.717, 1.165) is 5.56 Å². The van der Waals surface area contributed by atoms with Crippen molar-refractivity contribution in [3.63, 3.8) is 0 Å². The summed E-state index contributed by atoms with van der Waals surface area (Å²) in [6.45, 7) is 1.88. The molecule has 3 nitrogen and oxygen atoms in total. The van der Waals surface area contributed by atoms with E-state index in [0.29, 0.717) is 15.8 Å². The van der Waals surface area contributed by atoms with E-state index in [1.54, 1.807) is 25.1 Å². The molecule has 0 unspecified atom stereocenters. The zero-order valence-electron chi connectivity index (χ0n) is 10.9. The molecule has 112 valence electrons. The molecule has 0 radical (unpaired) electrons. The maximum absolute atomic E-state index is 13.1. The first-order valence-corrected chi connectivity index (χ1v) is 8.99. The molecule has 0 N–H and O–H groups in total. The highest BCUT2D eigenvalue weighted by molar-refractivity contribution is 9.10. The number of hydrogen-bond donors (Lipinski definition) is 0. The number of benzene rings is 2. The molecule has 0 saturated carbocycles. The molecular weight excluding hydrogens is 383 g/mol. The van der Waals surface area contributed by atoms with E-state index in [1.165, 1.54) is 18.2 Å². The number of halogens is 3. The average Bonchev–Trinajstić information content (AvgIpc) is 2.39. The van der Waals surface area contributed by atoms with Crippen molar-refractivity contribution in [2.24, 2.45) is 0 Å². The summed E-state index contributed by atoms with van der Waals surface area (Å²) in [6.07, 6.45) is 0. The summed E-state index contributed by atoms with van der Waals surface area (Å²) in [5.41, 5.74) is 1.29. The Balaban J connectivity index is 2.14. The van der Waals surface area contributed by atoms with Gasteiger partial charge >= 0.3 is 0 Å². The summed E-state index contributed by atoms with van der Waals surface area (Å²) < 4.78 is 41.6. The van der Waals surface area contributed by atoms with Crippen molar-refractivity contribution in [2.75, 3.05) is 0 Å². The van der Waals surface area contributed by atoms with Gasteiger partial charge in [-0.05, 0) is 64.3 Å². The molecule has 21 heavy (non-hydrogen) atoms. The number of aryl methyl sites for hydroxylation is 1. The van der Waals surface area contributed by atoms with Crippen molar-refractivity contribution < 1.29 is 17.5 Å². The van der Waals surface area contributed by atoms with Gasteiger partial charge < -0.3 is 4.74 Å². The van der Waals surface area contributed by atoms with Crippen molar-refractivity contribution in [3.8, 4) is 5.75 Å². The van der Waals surface area contributed by atoms with Gasteiger partial charge in [0.15, 0.2) is 0 Å². The lowest BCUT2D eigenvalue weighted by molar-refractivity contribution is 0.305. The second kappa shape index (κ2) is 6.34. The van der Waals surface area contributed by atoms with Crippen LogP contribution in [0.3, 0.4) is 0 Å². The lowest BCUT2D eigenvalue weighted by Gasteiger charge is -2.09. The van der Waals surface area contributed by atoms with Crippen LogP contribution in [0.15, 0.2) is 45.8 Å². The molecular formula is C14H11BrClFO3S. The van der Waals surface area contributed by atoms with Gasteiger partial charge in [0.1, 0.15) is 18.2 Å². The molecule has 0 heterocycles. The summed E-state index contributed by atoms with van der Waals surface area (Å²) in [4.78, 5) is 0.0565. The lowest BCUT2D eigenvalue weighted by atomic mass is 10.2. The van der Waals surface area contributed by atoms with Crippen LogP contribution in [0.5, 0.6) is 5.75 Å². The monoisotopic (exact) mass is 392 g/mol. The molecule has 0 aliphatic rings. The largest absolute Gasteiger partial charge is 0.489 e. The highest BCUT2D eigenvalue weighted by atomic mass is 79.9. The first-order chi connectivity index (χ1) is 9.77. The molecule has 0 aliphatic carbocycles. The molecule has 2 aromatic rings. The first-order valence-electron chi connectivity index (χ1n) is 5.89. The van der Waals surface area contributed by atoms with Crippen LogP contribution in [0.4, 0.5) is 4.39 Å². The Labute approximate surface area is 135 Å². The first kappa shape index (κ1) is 16.3. The molecule has 2 rings (SSSR count). The van der Waals surface area contributed by atoms with Crippen LogP contribution in [0.1, 0.15) is 11.1 Å². The van der Waals surface area contributed by atoms with Gasteiger partial charge in [0, 0.05) is 10.7 Å². The standard InChI is InChI=1S/C14H11BrClFO3S/c1-9-6-11(3-5-14(9)21(16,18)19)20-8-10-2-4-13(17)12(15)7-10/h2-7H,8H2,1H3. The van der Waals surface area contributed by atoms with Crippen LogP contribution in [0.25, 0.3) is 0 Å². The highest BCUT2D eigenvalue weighted by Gasteiger charge is 2.13. The summed E-state index contributed by atoms with van der Waals surface area (Å²) in [7, 11) is 1.55. The van der Waals surface area contributed by atoms with Crippen LogP contribution in [0.2, 0.25) is 0 Å². The van der Waals surface area contributed by atoms with Crippen LogP contribution >= 0.6 is 26.6 Å². The van der Waals surface area contributed by atoms with E-state index in [2.05, 4.69) is 15.9 Å². The van der Waals surface area contributed by atoms with Crippen molar-refractivity contribution in [1.82, 2.24) is 0 Å². The van der Waals surface area contributed by atoms with Gasteiger partial charge in [-0.3, -0.25) is 0 Å². The minimum Gasteiger partial charge on any atom is -0.489 e. The van der Waals surface area contributed by atoms with Gasteiger partial charge in [-0.2, -0.15) is 0 Å². The van der Waals surface area contributed by atoms with Crippen LogP contribution in [0, 0.1) is 12.7 Å². The van der Waals surface area contributed by atoms with Crippen molar-refractivity contribution in [3.05, 3.63) is 57.8 Å². The Hall–Kier alpha value is -1.11. The summed E-state index contributed by atoms with van der Waals surface area (Å²) >= 11 is 3.10. The predicted molar refractivity (Wildman–Crippen MR) is 82.6 cm³/mol. The van der Waals surface area contributed by atoms with E-state index in [9.17, 15) is 12.8 Å². The maximum Gasteiger partial charge on any atom is 0.261 e. The average molecular weight is 394 g/mol. The van der Waals surface area contributed by atoms with Crippen LogP contribution < -0.4 is 4.74 Å². The summed E-state index contributed by atoms with van der Waals surface area (Å²) in [6, 6.07) is 9.10. The minimum atomic E-state index is -3.76. The van der Waals surface area contributed by atoms with Crippen LogP contribution in [-0.4, -0.2) is 8.42 Å². The molecule has 0 aromatic heterocycles. The smallest absolute Gasteiger partial charge is 0.261 e. The van der Waals surface area contributed by atoms with Gasteiger partial charge in [0.2, 0.25) is 0 Å². The zero-order chi connectivity index (χ0) is 15.6. The molecule has 0 amide bonds. The fraction of sp³-hybridized carbons (Fsp3) is 0.143. The normalized spacial score (nSPS) is 11.4. The zero-order valence-corrected chi connectivity index (χ0v) is 14.1. The molecule has 0 fully saturated rings. The predicted octanol–water partition coefficient (Wildman–Crippen LogP) is 4.40. The topological polar surface area (TPSA) is 43.4 Å². The van der Waals surface area contributed by atoms with Gasteiger partial charge in [0.05, 0.1) is 9.37 Å². The van der Waals surface area contributed by atoms with Gasteiger partial charge in [-0.25, -0.2) is 12.8 Å². The lowest BCUT2D eigenvalue weighted by Crippen LogP contribution is -1.99. The quantitative estimate of drug-likeness (QED) is 0.723. The highest BCUT2D eigenvalue weighted by Crippen LogP contribution is 2.25. The molecule has 2 aromatic carbocycles. The van der Waals surface area contributed by atoms with E-state index >= 15 is 0 Å². The Morgan fingerprint density at radius 1 is 1.24 bits per heavy atom. The third-order valence-electron chi connectivity index (χ3n) is 2.80. The molecule has 0 saturated heterocycles. The minimum absolute atomic E-state index is 0.0565. The van der Waals surface area contributed by atoms with E-state index in [1.807, 2.05) is 0 Å². The Kier molecular flexibility index (Phi) is 4.91. The van der Waals surface area contributed by atoms with Crippen molar-refractivity contribution in [1.29, 1.82) is 0 Å². The molecule has 0 bridgehead atoms. The second-order valence-corrected chi connectivity index (χ2v) is 7.79. The molecule has 0 atom stereocenters. The summed E-state index contributed by atoms with van der Waals surface area (Å²) in [5.74, 6) is 0.170. The molecule has 0 spiro atoms. The molecule has 7 heteroatoms. The number of ether oxygens (including phenoxy) is 1. The number of hydrogen-bond acceptors (Lipinski definition) is 3. The van der Waals surface area contributed by atoms with Crippen LogP contribution in [-0.2, 0) is 15.7 Å². The molecule has 0 aliphatic heterocycles. The van der Waals surface area contributed by atoms with Crippen molar-refractivity contribution in [2.45, 2.75) is 18.4 Å². The fourth-order valence-electron chi connectivity index (χ4n) is 1.78. The van der Waals surface area contributed by atoms with E-state index in [4.69, 9.17) is 15.4 Å². The Bertz CT molecular complexity index is 778. The SMILES string of the molecule is Cc1cc(OCc2ccc(F)c(Br)c2)ccc1S(=O)(=O)Cl. The van der Waals surface area contributed by atoms with Crippen molar-refractivity contribution >= 4 is 35.7 Å². The van der Waals surface area contributed by atoms with E-state index < -0.39 is 9.05 Å². The van der Waals surface area contributed by atoms with E-state index in [-0.39, 0.29) is 17.3 Å². The third-order valence-corrected chi connectivity index (χ3v) is 4.89. The summed E-state index contributed by atoms with van der Waals surface area (Å²) in [5, 5.41) is 0. The number of rotatable bonds is 4. The van der Waals surface area contributed by atoms with Gasteiger partial charge in [0.25, 0.3) is 9.05 Å². The third kappa shape index (κ3) is 4.18. The van der Waals surface area contributed by atoms with Gasteiger partial charge in [-0.15, -0.1) is 0 Å².